The molecular weight excluding hydrogens is 288 g/mol. The number of ether oxygens (including phenoxy) is 1. The SMILES string of the molecule is CO[C@H](c1ccc(Cl)cc1)[C@H](C)NC(=O)c1ccncc1. The van der Waals surface area contributed by atoms with Crippen LogP contribution in [-0.4, -0.2) is 24.0 Å². The first-order chi connectivity index (χ1) is 10.1. The lowest BCUT2D eigenvalue weighted by atomic mass is 10.0. The molecule has 2 atom stereocenters. The summed E-state index contributed by atoms with van der Waals surface area (Å²) in [4.78, 5) is 16.0. The number of hydrogen-bond acceptors (Lipinski definition) is 3. The van der Waals surface area contributed by atoms with Crippen molar-refractivity contribution in [2.45, 2.75) is 19.1 Å². The van der Waals surface area contributed by atoms with Gasteiger partial charge >= 0.3 is 0 Å². The molecule has 4 nitrogen and oxygen atoms in total. The number of nitrogens with zero attached hydrogens (tertiary/aromatic N) is 1. The Morgan fingerprint density at radius 1 is 1.19 bits per heavy atom. The smallest absolute Gasteiger partial charge is 0.251 e. The predicted octanol–water partition coefficient (Wildman–Crippen LogP) is 3.24. The molecule has 0 aliphatic rings. The minimum Gasteiger partial charge on any atom is -0.375 e. The molecule has 0 bridgehead atoms. The van der Waals surface area contributed by atoms with Crippen LogP contribution in [-0.2, 0) is 4.74 Å². The molecule has 1 aromatic carbocycles. The van der Waals surface area contributed by atoms with E-state index in [0.29, 0.717) is 10.6 Å². The summed E-state index contributed by atoms with van der Waals surface area (Å²) < 4.78 is 5.50. The molecule has 0 radical (unpaired) electrons. The average Bonchev–Trinajstić information content (AvgIpc) is 2.50. The monoisotopic (exact) mass is 304 g/mol. The second-order valence-electron chi connectivity index (χ2n) is 4.71. The van der Waals surface area contributed by atoms with Crippen molar-refractivity contribution >= 4 is 17.5 Å². The summed E-state index contributed by atoms with van der Waals surface area (Å²) in [6.45, 7) is 1.90. The first-order valence-electron chi connectivity index (χ1n) is 6.61. The van der Waals surface area contributed by atoms with Gasteiger partial charge in [0.2, 0.25) is 0 Å². The van der Waals surface area contributed by atoms with Crippen LogP contribution in [0.1, 0.15) is 28.9 Å². The van der Waals surface area contributed by atoms with Gasteiger partial charge in [-0.1, -0.05) is 23.7 Å². The van der Waals surface area contributed by atoms with Crippen LogP contribution < -0.4 is 5.32 Å². The molecule has 1 N–H and O–H groups in total. The highest BCUT2D eigenvalue weighted by Gasteiger charge is 2.21. The Labute approximate surface area is 129 Å². The molecule has 5 heteroatoms. The summed E-state index contributed by atoms with van der Waals surface area (Å²) in [6.07, 6.45) is 2.94. The normalized spacial score (nSPS) is 13.5. The molecular formula is C16H17ClN2O2. The van der Waals surface area contributed by atoms with Gasteiger partial charge in [-0.2, -0.15) is 0 Å². The van der Waals surface area contributed by atoms with E-state index in [1.54, 1.807) is 43.8 Å². The fraction of sp³-hybridized carbons (Fsp3) is 0.250. The van der Waals surface area contributed by atoms with Gasteiger partial charge in [0.05, 0.1) is 6.04 Å². The van der Waals surface area contributed by atoms with Crippen LogP contribution in [0, 0.1) is 0 Å². The van der Waals surface area contributed by atoms with E-state index in [4.69, 9.17) is 16.3 Å². The van der Waals surface area contributed by atoms with E-state index in [1.807, 2.05) is 19.1 Å². The Morgan fingerprint density at radius 2 is 1.81 bits per heavy atom. The fourth-order valence-corrected chi connectivity index (χ4v) is 2.28. The number of pyridine rings is 1. The molecule has 1 heterocycles. The highest BCUT2D eigenvalue weighted by molar-refractivity contribution is 6.30. The van der Waals surface area contributed by atoms with Crippen molar-refractivity contribution in [1.82, 2.24) is 10.3 Å². The second kappa shape index (κ2) is 7.20. The van der Waals surface area contributed by atoms with E-state index in [0.717, 1.165) is 5.56 Å². The Balaban J connectivity index is 2.08. The second-order valence-corrected chi connectivity index (χ2v) is 5.14. The minimum absolute atomic E-state index is 0.152. The Hall–Kier alpha value is -1.91. The van der Waals surface area contributed by atoms with E-state index < -0.39 is 0 Å². The van der Waals surface area contributed by atoms with Crippen LogP contribution in [0.5, 0.6) is 0 Å². The summed E-state index contributed by atoms with van der Waals surface area (Å²) in [6, 6.07) is 10.6. The van der Waals surface area contributed by atoms with Crippen molar-refractivity contribution < 1.29 is 9.53 Å². The summed E-state index contributed by atoms with van der Waals surface area (Å²) >= 11 is 5.89. The van der Waals surface area contributed by atoms with Crippen molar-refractivity contribution in [2.24, 2.45) is 0 Å². The number of amides is 1. The number of nitrogens with one attached hydrogen (secondary N) is 1. The fourth-order valence-electron chi connectivity index (χ4n) is 2.15. The first-order valence-corrected chi connectivity index (χ1v) is 6.98. The van der Waals surface area contributed by atoms with Crippen molar-refractivity contribution in [2.75, 3.05) is 7.11 Å². The van der Waals surface area contributed by atoms with Crippen LogP contribution in [0.25, 0.3) is 0 Å². The van der Waals surface area contributed by atoms with E-state index in [9.17, 15) is 4.79 Å². The lowest BCUT2D eigenvalue weighted by Crippen LogP contribution is -2.37. The van der Waals surface area contributed by atoms with Crippen LogP contribution in [0.15, 0.2) is 48.8 Å². The maximum Gasteiger partial charge on any atom is 0.251 e. The van der Waals surface area contributed by atoms with Crippen molar-refractivity contribution in [1.29, 1.82) is 0 Å². The number of halogens is 1. The number of methoxy groups -OCH3 is 1. The third kappa shape index (κ3) is 4.03. The molecule has 0 saturated carbocycles. The topological polar surface area (TPSA) is 51.2 Å². The maximum absolute atomic E-state index is 12.1. The zero-order chi connectivity index (χ0) is 15.2. The van der Waals surface area contributed by atoms with Gasteiger partial charge in [-0.15, -0.1) is 0 Å². The van der Waals surface area contributed by atoms with Gasteiger partial charge in [0.15, 0.2) is 0 Å². The van der Waals surface area contributed by atoms with Gasteiger partial charge in [-0.25, -0.2) is 0 Å². The quantitative estimate of drug-likeness (QED) is 0.922. The highest BCUT2D eigenvalue weighted by Crippen LogP contribution is 2.22. The molecule has 110 valence electrons. The minimum atomic E-state index is -0.243. The molecule has 2 rings (SSSR count). The zero-order valence-corrected chi connectivity index (χ0v) is 12.7. The zero-order valence-electron chi connectivity index (χ0n) is 11.9. The van der Waals surface area contributed by atoms with E-state index in [2.05, 4.69) is 10.3 Å². The lowest BCUT2D eigenvalue weighted by Gasteiger charge is -2.24. The molecule has 0 aliphatic heterocycles. The molecule has 0 spiro atoms. The summed E-state index contributed by atoms with van der Waals surface area (Å²) in [7, 11) is 1.62. The molecule has 0 saturated heterocycles. The van der Waals surface area contributed by atoms with Gasteiger partial charge < -0.3 is 10.1 Å². The molecule has 0 fully saturated rings. The maximum atomic E-state index is 12.1. The molecule has 0 unspecified atom stereocenters. The summed E-state index contributed by atoms with van der Waals surface area (Å²) in [5.41, 5.74) is 1.53. The largest absolute Gasteiger partial charge is 0.375 e. The Morgan fingerprint density at radius 3 is 2.38 bits per heavy atom. The molecule has 1 amide bonds. The summed E-state index contributed by atoms with van der Waals surface area (Å²) in [5.74, 6) is -0.152. The number of carbonyl (C=O) groups is 1. The predicted molar refractivity (Wildman–Crippen MR) is 82.4 cm³/mol. The third-order valence-corrected chi connectivity index (χ3v) is 3.46. The number of benzene rings is 1. The van der Waals surface area contributed by atoms with E-state index in [-0.39, 0.29) is 18.1 Å². The molecule has 0 aliphatic carbocycles. The molecule has 2 aromatic rings. The van der Waals surface area contributed by atoms with Gasteiger partial charge in [0.25, 0.3) is 5.91 Å². The van der Waals surface area contributed by atoms with Crippen LogP contribution in [0.3, 0.4) is 0 Å². The molecule has 21 heavy (non-hydrogen) atoms. The lowest BCUT2D eigenvalue weighted by molar-refractivity contribution is 0.0645. The van der Waals surface area contributed by atoms with Crippen LogP contribution in [0.2, 0.25) is 5.02 Å². The number of aromatic nitrogens is 1. The van der Waals surface area contributed by atoms with Crippen LogP contribution in [0.4, 0.5) is 0 Å². The van der Waals surface area contributed by atoms with Gasteiger partial charge in [-0.05, 0) is 36.8 Å². The van der Waals surface area contributed by atoms with Gasteiger partial charge in [0.1, 0.15) is 6.10 Å². The number of rotatable bonds is 5. The van der Waals surface area contributed by atoms with Gasteiger partial charge in [0, 0.05) is 30.1 Å². The van der Waals surface area contributed by atoms with Crippen LogP contribution >= 0.6 is 11.6 Å². The van der Waals surface area contributed by atoms with Crippen molar-refractivity contribution in [3.05, 3.63) is 64.9 Å². The van der Waals surface area contributed by atoms with Crippen molar-refractivity contribution in [3.8, 4) is 0 Å². The first kappa shape index (κ1) is 15.5. The average molecular weight is 305 g/mol. The number of hydrogen-bond donors (Lipinski definition) is 1. The Kier molecular flexibility index (Phi) is 5.31. The highest BCUT2D eigenvalue weighted by atomic mass is 35.5. The van der Waals surface area contributed by atoms with Gasteiger partial charge in [-0.3, -0.25) is 9.78 Å². The number of carbonyl (C=O) groups excluding carboxylic acids is 1. The van der Waals surface area contributed by atoms with E-state index in [1.165, 1.54) is 0 Å². The van der Waals surface area contributed by atoms with Crippen molar-refractivity contribution in [3.63, 3.8) is 0 Å². The summed E-state index contributed by atoms with van der Waals surface area (Å²) in [5, 5.41) is 3.60. The standard InChI is InChI=1S/C16H17ClN2O2/c1-11(19-16(20)13-7-9-18-10-8-13)15(21-2)12-3-5-14(17)6-4-12/h3-11,15H,1-2H3,(H,19,20)/t11-,15-/m0/s1. The Bertz CT molecular complexity index is 587. The van der Waals surface area contributed by atoms with E-state index >= 15 is 0 Å². The third-order valence-electron chi connectivity index (χ3n) is 3.21. The molecule has 1 aromatic heterocycles.